The van der Waals surface area contributed by atoms with E-state index in [2.05, 4.69) is 11.9 Å². The summed E-state index contributed by atoms with van der Waals surface area (Å²) in [6, 6.07) is 13.2. The molecule has 0 bridgehead atoms. The van der Waals surface area contributed by atoms with Crippen LogP contribution in [0, 0.1) is 0 Å². The van der Waals surface area contributed by atoms with Gasteiger partial charge in [-0.15, -0.1) is 6.58 Å². The molecule has 0 radical (unpaired) electrons. The molecule has 0 aromatic heterocycles. The minimum Gasteiger partial charge on any atom is -0.493 e. The van der Waals surface area contributed by atoms with Crippen molar-refractivity contribution in [3.05, 3.63) is 60.7 Å². The maximum absolute atomic E-state index is 10.1. The normalized spacial score (nSPS) is 11.5. The van der Waals surface area contributed by atoms with E-state index >= 15 is 0 Å². The molecule has 0 spiro atoms. The fourth-order valence-corrected chi connectivity index (χ4v) is 2.61. The number of ether oxygens (including phenoxy) is 4. The van der Waals surface area contributed by atoms with Crippen LogP contribution in [0.1, 0.15) is 5.56 Å². The average Bonchev–Trinajstić information content (AvgIpc) is 2.73. The lowest BCUT2D eigenvalue weighted by Crippen LogP contribution is -2.33. The Labute approximate surface area is 166 Å². The number of para-hydroxylation sites is 2. The molecular weight excluding hydrogens is 358 g/mol. The highest BCUT2D eigenvalue weighted by Crippen LogP contribution is 2.28. The number of aliphatic hydroxyl groups excluding tert-OH is 1. The molecule has 28 heavy (non-hydrogen) atoms. The third-order valence-electron chi connectivity index (χ3n) is 4.02. The SMILES string of the molecule is C=CCc1ccc(OCC(O)CNCCOc2ccccc2OC)c(OC)c1. The predicted molar refractivity (Wildman–Crippen MR) is 110 cm³/mol. The summed E-state index contributed by atoms with van der Waals surface area (Å²) in [6.45, 7) is 5.35. The second-order valence-electron chi connectivity index (χ2n) is 6.15. The molecule has 0 fully saturated rings. The van der Waals surface area contributed by atoms with Crippen molar-refractivity contribution < 1.29 is 24.1 Å². The molecule has 1 unspecified atom stereocenters. The topological polar surface area (TPSA) is 69.2 Å². The van der Waals surface area contributed by atoms with Gasteiger partial charge in [0, 0.05) is 13.1 Å². The third kappa shape index (κ3) is 6.79. The van der Waals surface area contributed by atoms with Gasteiger partial charge in [0.1, 0.15) is 19.3 Å². The Morgan fingerprint density at radius 3 is 2.43 bits per heavy atom. The summed E-state index contributed by atoms with van der Waals surface area (Å²) in [5, 5.41) is 13.3. The van der Waals surface area contributed by atoms with Gasteiger partial charge in [0.2, 0.25) is 0 Å². The molecule has 0 saturated carbocycles. The molecule has 1 atom stereocenters. The summed E-state index contributed by atoms with van der Waals surface area (Å²) in [6.07, 6.45) is 1.95. The van der Waals surface area contributed by atoms with Crippen LogP contribution >= 0.6 is 0 Å². The zero-order chi connectivity index (χ0) is 20.2. The van der Waals surface area contributed by atoms with Gasteiger partial charge in [0.15, 0.2) is 23.0 Å². The summed E-state index contributed by atoms with van der Waals surface area (Å²) in [4.78, 5) is 0. The first-order chi connectivity index (χ1) is 13.7. The van der Waals surface area contributed by atoms with Gasteiger partial charge in [0.25, 0.3) is 0 Å². The van der Waals surface area contributed by atoms with Crippen molar-refractivity contribution in [2.24, 2.45) is 0 Å². The van der Waals surface area contributed by atoms with Crippen LogP contribution in [0.25, 0.3) is 0 Å². The van der Waals surface area contributed by atoms with Crippen molar-refractivity contribution in [1.82, 2.24) is 5.32 Å². The van der Waals surface area contributed by atoms with Gasteiger partial charge < -0.3 is 29.4 Å². The van der Waals surface area contributed by atoms with E-state index in [0.717, 1.165) is 12.0 Å². The van der Waals surface area contributed by atoms with E-state index in [1.165, 1.54) is 0 Å². The highest BCUT2D eigenvalue weighted by molar-refractivity contribution is 5.43. The molecule has 6 nitrogen and oxygen atoms in total. The van der Waals surface area contributed by atoms with E-state index in [0.29, 0.717) is 42.7 Å². The summed E-state index contributed by atoms with van der Waals surface area (Å²) in [5.41, 5.74) is 1.09. The number of methoxy groups -OCH3 is 2. The molecule has 0 aliphatic heterocycles. The van der Waals surface area contributed by atoms with Gasteiger partial charge in [-0.25, -0.2) is 0 Å². The summed E-state index contributed by atoms with van der Waals surface area (Å²) in [5.74, 6) is 2.64. The highest BCUT2D eigenvalue weighted by atomic mass is 16.5. The molecule has 0 saturated heterocycles. The van der Waals surface area contributed by atoms with Crippen LogP contribution in [0.2, 0.25) is 0 Å². The number of hydrogen-bond acceptors (Lipinski definition) is 6. The van der Waals surface area contributed by atoms with Crippen LogP contribution in [0.5, 0.6) is 23.0 Å². The second-order valence-corrected chi connectivity index (χ2v) is 6.15. The smallest absolute Gasteiger partial charge is 0.161 e. The molecule has 6 heteroatoms. The van der Waals surface area contributed by atoms with E-state index in [9.17, 15) is 5.11 Å². The van der Waals surface area contributed by atoms with Crippen molar-refractivity contribution in [2.75, 3.05) is 40.5 Å². The molecule has 2 aromatic rings. The number of hydrogen-bond donors (Lipinski definition) is 2. The highest BCUT2D eigenvalue weighted by Gasteiger charge is 2.09. The molecule has 0 aliphatic carbocycles. The molecule has 2 aromatic carbocycles. The lowest BCUT2D eigenvalue weighted by Gasteiger charge is -2.16. The Balaban J connectivity index is 1.69. The minimum atomic E-state index is -0.649. The number of nitrogens with one attached hydrogen (secondary N) is 1. The predicted octanol–water partition coefficient (Wildman–Crippen LogP) is 2.84. The summed E-state index contributed by atoms with van der Waals surface area (Å²) >= 11 is 0. The first-order valence-electron chi connectivity index (χ1n) is 9.23. The minimum absolute atomic E-state index is 0.164. The maximum atomic E-state index is 10.1. The van der Waals surface area contributed by atoms with Crippen molar-refractivity contribution in [2.45, 2.75) is 12.5 Å². The fourth-order valence-electron chi connectivity index (χ4n) is 2.61. The quantitative estimate of drug-likeness (QED) is 0.407. The van der Waals surface area contributed by atoms with Crippen LogP contribution < -0.4 is 24.3 Å². The molecule has 2 N–H and O–H groups in total. The molecular formula is C22H29NO5. The molecule has 152 valence electrons. The number of allylic oxidation sites excluding steroid dienone is 1. The van der Waals surface area contributed by atoms with Gasteiger partial charge in [-0.3, -0.25) is 0 Å². The van der Waals surface area contributed by atoms with Gasteiger partial charge in [-0.05, 0) is 36.2 Å². The van der Waals surface area contributed by atoms with Crippen LogP contribution in [-0.2, 0) is 6.42 Å². The third-order valence-corrected chi connectivity index (χ3v) is 4.02. The second kappa shape index (κ2) is 11.9. The fraction of sp³-hybridized carbons (Fsp3) is 0.364. The van der Waals surface area contributed by atoms with Crippen LogP contribution in [0.15, 0.2) is 55.1 Å². The van der Waals surface area contributed by atoms with Crippen molar-refractivity contribution in [1.29, 1.82) is 0 Å². The zero-order valence-corrected chi connectivity index (χ0v) is 16.5. The zero-order valence-electron chi connectivity index (χ0n) is 16.5. The lowest BCUT2D eigenvalue weighted by molar-refractivity contribution is 0.104. The standard InChI is InChI=1S/C22H29NO5/c1-4-7-17-10-11-21(22(14-17)26-3)28-16-18(24)15-23-12-13-27-20-9-6-5-8-19(20)25-2/h4-6,8-11,14,18,23-24H,1,7,12-13,15-16H2,2-3H3. The largest absolute Gasteiger partial charge is 0.493 e. The molecule has 2 rings (SSSR count). The van der Waals surface area contributed by atoms with E-state index in [4.69, 9.17) is 18.9 Å². The van der Waals surface area contributed by atoms with E-state index < -0.39 is 6.10 Å². The first kappa shape index (κ1) is 21.6. The Morgan fingerprint density at radius 1 is 1.00 bits per heavy atom. The van der Waals surface area contributed by atoms with Crippen LogP contribution in [0.3, 0.4) is 0 Å². The molecule has 0 heterocycles. The first-order valence-corrected chi connectivity index (χ1v) is 9.23. The molecule has 0 amide bonds. The Bertz CT molecular complexity index is 735. The lowest BCUT2D eigenvalue weighted by atomic mass is 10.1. The Hall–Kier alpha value is -2.70. The maximum Gasteiger partial charge on any atom is 0.161 e. The summed E-state index contributed by atoms with van der Waals surface area (Å²) < 4.78 is 22.0. The van der Waals surface area contributed by atoms with E-state index in [1.807, 2.05) is 48.5 Å². The van der Waals surface area contributed by atoms with Crippen LogP contribution in [-0.4, -0.2) is 51.7 Å². The number of aliphatic hydroxyl groups is 1. The monoisotopic (exact) mass is 387 g/mol. The van der Waals surface area contributed by atoms with Gasteiger partial charge in [0.05, 0.1) is 14.2 Å². The Kier molecular flexibility index (Phi) is 9.18. The van der Waals surface area contributed by atoms with Crippen molar-refractivity contribution in [3.63, 3.8) is 0 Å². The molecule has 0 aliphatic rings. The number of benzene rings is 2. The number of rotatable bonds is 13. The average molecular weight is 387 g/mol. The van der Waals surface area contributed by atoms with Gasteiger partial charge in [-0.2, -0.15) is 0 Å². The van der Waals surface area contributed by atoms with Crippen LogP contribution in [0.4, 0.5) is 0 Å². The van der Waals surface area contributed by atoms with Crippen molar-refractivity contribution >= 4 is 0 Å². The Morgan fingerprint density at radius 2 is 1.71 bits per heavy atom. The summed E-state index contributed by atoms with van der Waals surface area (Å²) in [7, 11) is 3.21. The van der Waals surface area contributed by atoms with Gasteiger partial charge >= 0.3 is 0 Å². The van der Waals surface area contributed by atoms with Gasteiger partial charge in [-0.1, -0.05) is 24.3 Å². The van der Waals surface area contributed by atoms with E-state index in [-0.39, 0.29) is 6.61 Å². The van der Waals surface area contributed by atoms with Crippen molar-refractivity contribution in [3.8, 4) is 23.0 Å². The van der Waals surface area contributed by atoms with E-state index in [1.54, 1.807) is 14.2 Å².